The van der Waals surface area contributed by atoms with E-state index in [9.17, 15) is 10.1 Å². The van der Waals surface area contributed by atoms with Crippen LogP contribution >= 0.6 is 15.9 Å². The summed E-state index contributed by atoms with van der Waals surface area (Å²) in [6.45, 7) is 3.19. The Labute approximate surface area is 151 Å². The summed E-state index contributed by atoms with van der Waals surface area (Å²) in [7, 11) is 0. The van der Waals surface area contributed by atoms with Crippen LogP contribution in [0.5, 0.6) is 0 Å². The van der Waals surface area contributed by atoms with Crippen molar-refractivity contribution >= 4 is 44.2 Å². The fraction of sp³-hybridized carbons (Fsp3) is 0.267. The van der Waals surface area contributed by atoms with E-state index in [0.29, 0.717) is 5.65 Å². The van der Waals surface area contributed by atoms with Gasteiger partial charge in [0.1, 0.15) is 16.7 Å². The number of fused-ring (bicyclic) bond motifs is 1. The highest BCUT2D eigenvalue weighted by Gasteiger charge is 2.22. The van der Waals surface area contributed by atoms with Gasteiger partial charge in [-0.1, -0.05) is 0 Å². The van der Waals surface area contributed by atoms with Crippen LogP contribution < -0.4 is 9.80 Å². The fourth-order valence-electron chi connectivity index (χ4n) is 3.01. The number of aromatic amines is 1. The third-order valence-corrected chi connectivity index (χ3v) is 4.87. The zero-order valence-corrected chi connectivity index (χ0v) is 14.7. The number of halogens is 1. The maximum atomic E-state index is 10.8. The number of nitro groups is 1. The van der Waals surface area contributed by atoms with Crippen molar-refractivity contribution in [3.63, 3.8) is 0 Å². The SMILES string of the molecule is O=[N+]([O-])c1ccc(N2CCN(c3ncnc4n[nH]c(Br)c34)CC2)cc1. The van der Waals surface area contributed by atoms with Gasteiger partial charge in [0.2, 0.25) is 0 Å². The molecule has 0 bridgehead atoms. The van der Waals surface area contributed by atoms with E-state index in [-0.39, 0.29) is 10.6 Å². The van der Waals surface area contributed by atoms with Gasteiger partial charge in [-0.15, -0.1) is 0 Å². The Hall–Kier alpha value is -2.75. The molecular weight excluding hydrogens is 390 g/mol. The smallest absolute Gasteiger partial charge is 0.269 e. The molecule has 2 aromatic heterocycles. The number of hydrogen-bond donors (Lipinski definition) is 1. The van der Waals surface area contributed by atoms with E-state index in [2.05, 4.69) is 45.9 Å². The van der Waals surface area contributed by atoms with Crippen LogP contribution in [-0.2, 0) is 0 Å². The highest BCUT2D eigenvalue weighted by molar-refractivity contribution is 9.10. The number of benzene rings is 1. The lowest BCUT2D eigenvalue weighted by molar-refractivity contribution is -0.384. The van der Waals surface area contributed by atoms with E-state index in [4.69, 9.17) is 0 Å². The topological polar surface area (TPSA) is 104 Å². The summed E-state index contributed by atoms with van der Waals surface area (Å²) in [4.78, 5) is 23.4. The second-order valence-electron chi connectivity index (χ2n) is 5.68. The largest absolute Gasteiger partial charge is 0.368 e. The van der Waals surface area contributed by atoms with Gasteiger partial charge < -0.3 is 9.80 Å². The molecule has 0 amide bonds. The first kappa shape index (κ1) is 15.8. The van der Waals surface area contributed by atoms with E-state index in [1.165, 1.54) is 18.5 Å². The lowest BCUT2D eigenvalue weighted by Gasteiger charge is -2.36. The third kappa shape index (κ3) is 2.88. The molecule has 1 aliphatic rings. The van der Waals surface area contributed by atoms with Gasteiger partial charge in [0.15, 0.2) is 5.65 Å². The molecule has 1 aliphatic heterocycles. The maximum absolute atomic E-state index is 10.8. The summed E-state index contributed by atoms with van der Waals surface area (Å²) in [5.41, 5.74) is 1.73. The molecule has 0 saturated carbocycles. The predicted octanol–water partition coefficient (Wildman–Crippen LogP) is 2.35. The number of nitro benzene ring substituents is 1. The molecule has 4 rings (SSSR count). The van der Waals surface area contributed by atoms with Gasteiger partial charge >= 0.3 is 0 Å². The van der Waals surface area contributed by atoms with Crippen molar-refractivity contribution in [2.75, 3.05) is 36.0 Å². The van der Waals surface area contributed by atoms with Gasteiger partial charge in [0.05, 0.1) is 10.3 Å². The van der Waals surface area contributed by atoms with Gasteiger partial charge in [0, 0.05) is 44.0 Å². The van der Waals surface area contributed by atoms with E-state index < -0.39 is 0 Å². The van der Waals surface area contributed by atoms with E-state index in [0.717, 1.165) is 47.7 Å². The lowest BCUT2D eigenvalue weighted by Crippen LogP contribution is -2.46. The number of nitrogens with one attached hydrogen (secondary N) is 1. The second-order valence-corrected chi connectivity index (χ2v) is 6.47. The average Bonchev–Trinajstić information content (AvgIpc) is 3.03. The highest BCUT2D eigenvalue weighted by Crippen LogP contribution is 2.29. The van der Waals surface area contributed by atoms with Crippen molar-refractivity contribution in [1.82, 2.24) is 20.2 Å². The number of H-pyrrole nitrogens is 1. The second kappa shape index (κ2) is 6.28. The molecular formula is C15H14BrN7O2. The third-order valence-electron chi connectivity index (χ3n) is 4.29. The maximum Gasteiger partial charge on any atom is 0.269 e. The summed E-state index contributed by atoms with van der Waals surface area (Å²) in [6, 6.07) is 6.67. The minimum absolute atomic E-state index is 0.107. The van der Waals surface area contributed by atoms with Crippen LogP contribution in [0.2, 0.25) is 0 Å². The van der Waals surface area contributed by atoms with Crippen LogP contribution in [0.15, 0.2) is 35.2 Å². The molecule has 0 spiro atoms. The number of hydrogen-bond acceptors (Lipinski definition) is 7. The Morgan fingerprint density at radius 2 is 1.76 bits per heavy atom. The first-order valence-corrected chi connectivity index (χ1v) is 8.52. The van der Waals surface area contributed by atoms with Crippen LogP contribution in [-0.4, -0.2) is 51.3 Å². The van der Waals surface area contributed by atoms with Crippen molar-refractivity contribution in [2.24, 2.45) is 0 Å². The monoisotopic (exact) mass is 403 g/mol. The summed E-state index contributed by atoms with van der Waals surface area (Å²) in [5.74, 6) is 0.856. The molecule has 25 heavy (non-hydrogen) atoms. The first-order chi connectivity index (χ1) is 12.1. The van der Waals surface area contributed by atoms with Gasteiger partial charge in [0.25, 0.3) is 5.69 Å². The Morgan fingerprint density at radius 3 is 2.44 bits per heavy atom. The molecule has 0 unspecified atom stereocenters. The molecule has 3 heterocycles. The molecule has 1 aromatic carbocycles. The van der Waals surface area contributed by atoms with Crippen LogP contribution in [0, 0.1) is 10.1 Å². The number of anilines is 2. The van der Waals surface area contributed by atoms with Crippen molar-refractivity contribution in [3.8, 4) is 0 Å². The number of rotatable bonds is 3. The van der Waals surface area contributed by atoms with Crippen LogP contribution in [0.4, 0.5) is 17.2 Å². The predicted molar refractivity (Wildman–Crippen MR) is 96.9 cm³/mol. The number of aromatic nitrogens is 4. The molecule has 10 heteroatoms. The zero-order valence-electron chi connectivity index (χ0n) is 13.1. The van der Waals surface area contributed by atoms with Gasteiger partial charge in [-0.2, -0.15) is 5.10 Å². The quantitative estimate of drug-likeness (QED) is 0.528. The van der Waals surface area contributed by atoms with Crippen molar-refractivity contribution in [3.05, 3.63) is 45.3 Å². The molecule has 1 saturated heterocycles. The Kier molecular flexibility index (Phi) is 3.96. The standard InChI is InChI=1S/C15H14BrN7O2/c16-13-12-14(20-19-13)17-9-18-15(12)22-7-5-21(6-8-22)10-1-3-11(4-2-10)23(24)25/h1-4,9H,5-8H2,(H,17,18,19,20). The number of non-ortho nitro benzene ring substituents is 1. The number of nitrogens with zero attached hydrogens (tertiary/aromatic N) is 6. The van der Waals surface area contributed by atoms with E-state index in [1.807, 2.05) is 0 Å². The van der Waals surface area contributed by atoms with Crippen LogP contribution in [0.25, 0.3) is 11.0 Å². The minimum atomic E-state index is -0.384. The molecule has 9 nitrogen and oxygen atoms in total. The van der Waals surface area contributed by atoms with Gasteiger partial charge in [-0.05, 0) is 28.1 Å². The minimum Gasteiger partial charge on any atom is -0.368 e. The Morgan fingerprint density at radius 1 is 1.08 bits per heavy atom. The highest BCUT2D eigenvalue weighted by atomic mass is 79.9. The summed E-state index contributed by atoms with van der Waals surface area (Å²) in [5, 5.41) is 18.7. The molecule has 0 atom stereocenters. The van der Waals surface area contributed by atoms with Crippen LogP contribution in [0.1, 0.15) is 0 Å². The van der Waals surface area contributed by atoms with Crippen LogP contribution in [0.3, 0.4) is 0 Å². The molecule has 1 fully saturated rings. The zero-order chi connectivity index (χ0) is 17.4. The normalized spacial score (nSPS) is 14.9. The summed E-state index contributed by atoms with van der Waals surface area (Å²) >= 11 is 3.46. The Bertz CT molecular complexity index is 919. The lowest BCUT2D eigenvalue weighted by atomic mass is 10.2. The molecule has 0 aliphatic carbocycles. The van der Waals surface area contributed by atoms with Crippen molar-refractivity contribution < 1.29 is 4.92 Å². The molecule has 128 valence electrons. The van der Waals surface area contributed by atoms with Crippen molar-refractivity contribution in [1.29, 1.82) is 0 Å². The summed E-state index contributed by atoms with van der Waals surface area (Å²) in [6.07, 6.45) is 1.52. The molecule has 0 radical (unpaired) electrons. The Balaban J connectivity index is 1.51. The first-order valence-electron chi connectivity index (χ1n) is 7.72. The molecule has 1 N–H and O–H groups in total. The van der Waals surface area contributed by atoms with E-state index >= 15 is 0 Å². The summed E-state index contributed by atoms with van der Waals surface area (Å²) < 4.78 is 0.774. The fourth-order valence-corrected chi connectivity index (χ4v) is 3.45. The van der Waals surface area contributed by atoms with E-state index in [1.54, 1.807) is 12.1 Å². The van der Waals surface area contributed by atoms with Crippen molar-refractivity contribution in [2.45, 2.75) is 0 Å². The van der Waals surface area contributed by atoms with Gasteiger partial charge in [-0.3, -0.25) is 15.2 Å². The molecule has 3 aromatic rings. The number of piperazine rings is 1. The average molecular weight is 404 g/mol. The van der Waals surface area contributed by atoms with Gasteiger partial charge in [-0.25, -0.2) is 9.97 Å².